The summed E-state index contributed by atoms with van der Waals surface area (Å²) >= 11 is 5.99. The zero-order valence-corrected chi connectivity index (χ0v) is 11.1. The Morgan fingerprint density at radius 1 is 1.29 bits per heavy atom. The lowest BCUT2D eigenvalue weighted by Crippen LogP contribution is -2.14. The smallest absolute Gasteiger partial charge is 0.147 e. The average Bonchev–Trinajstić information content (AvgIpc) is 2.81. The highest BCUT2D eigenvalue weighted by molar-refractivity contribution is 6.33. The van der Waals surface area contributed by atoms with Gasteiger partial charge in [-0.25, -0.2) is 0 Å². The number of aliphatic hydroxyl groups is 1. The number of benzene rings is 1. The summed E-state index contributed by atoms with van der Waals surface area (Å²) in [6, 6.07) is 7.51. The van der Waals surface area contributed by atoms with Gasteiger partial charge in [0.05, 0.1) is 0 Å². The van der Waals surface area contributed by atoms with Crippen LogP contribution in [0.2, 0.25) is 5.02 Å². The molecule has 0 aliphatic heterocycles. The first-order valence-corrected chi connectivity index (χ1v) is 6.11. The first-order valence-electron chi connectivity index (χ1n) is 5.73. The lowest BCUT2D eigenvalue weighted by molar-refractivity contribution is 0.120. The molecule has 2 rings (SSSR count). The summed E-state index contributed by atoms with van der Waals surface area (Å²) in [6.45, 7) is 0. The number of aliphatic hydroxyl groups excluding tert-OH is 1. The van der Waals surface area contributed by atoms with E-state index in [4.69, 9.17) is 11.6 Å². The van der Waals surface area contributed by atoms with Gasteiger partial charge < -0.3 is 5.11 Å². The zero-order valence-electron chi connectivity index (χ0n) is 9.55. The topological polar surface area (TPSA) is 32.6 Å². The molecule has 2 nitrogen and oxygen atoms in total. The van der Waals surface area contributed by atoms with Gasteiger partial charge in [0.25, 0.3) is 0 Å². The molecule has 1 fully saturated rings. The van der Waals surface area contributed by atoms with Crippen LogP contribution < -0.4 is 0 Å². The third-order valence-corrected chi connectivity index (χ3v) is 3.44. The molecule has 0 heterocycles. The highest BCUT2D eigenvalue weighted by Crippen LogP contribution is 2.28. The van der Waals surface area contributed by atoms with Gasteiger partial charge in [0, 0.05) is 22.7 Å². The Labute approximate surface area is 113 Å². The Kier molecular flexibility index (Phi) is 5.96. The first kappa shape index (κ1) is 14.5. The molecule has 0 spiro atoms. The summed E-state index contributed by atoms with van der Waals surface area (Å²) in [5.74, 6) is 0.332. The van der Waals surface area contributed by atoms with Gasteiger partial charge in [-0.2, -0.15) is 0 Å². The van der Waals surface area contributed by atoms with Crippen molar-refractivity contribution in [3.8, 4) is 0 Å². The lowest BCUT2D eigenvalue weighted by Gasteiger charge is -2.12. The van der Waals surface area contributed by atoms with Gasteiger partial charge in [0.15, 0.2) is 0 Å². The number of nitrogens with zero attached hydrogens (tertiary/aromatic N) is 1. The number of hydrogen-bond acceptors (Lipinski definition) is 2. The van der Waals surface area contributed by atoms with Crippen molar-refractivity contribution >= 4 is 30.2 Å². The molecule has 0 bridgehead atoms. The van der Waals surface area contributed by atoms with Crippen molar-refractivity contribution in [1.82, 2.24) is 0 Å². The van der Waals surface area contributed by atoms with E-state index in [0.29, 0.717) is 10.9 Å². The van der Waals surface area contributed by atoms with Crippen LogP contribution in [0, 0.1) is 5.92 Å². The summed E-state index contributed by atoms with van der Waals surface area (Å²) in [7, 11) is 0. The maximum Gasteiger partial charge on any atom is 0.147 e. The van der Waals surface area contributed by atoms with Gasteiger partial charge in [-0.05, 0) is 18.9 Å². The van der Waals surface area contributed by atoms with Crippen molar-refractivity contribution in [2.24, 2.45) is 10.9 Å². The Bertz CT molecular complexity index is 375. The van der Waals surface area contributed by atoms with Crippen LogP contribution in [0.3, 0.4) is 0 Å². The molecule has 0 saturated heterocycles. The van der Waals surface area contributed by atoms with Crippen LogP contribution in [-0.2, 0) is 0 Å². The van der Waals surface area contributed by atoms with E-state index < -0.39 is 6.23 Å². The molecule has 0 amide bonds. The van der Waals surface area contributed by atoms with Crippen molar-refractivity contribution in [3.63, 3.8) is 0 Å². The Morgan fingerprint density at radius 3 is 2.59 bits per heavy atom. The predicted molar refractivity (Wildman–Crippen MR) is 74.3 cm³/mol. The van der Waals surface area contributed by atoms with Gasteiger partial charge >= 0.3 is 0 Å². The molecule has 1 unspecified atom stereocenters. The molecule has 17 heavy (non-hydrogen) atoms. The van der Waals surface area contributed by atoms with E-state index in [1.165, 1.54) is 12.8 Å². The fourth-order valence-electron chi connectivity index (χ4n) is 2.11. The van der Waals surface area contributed by atoms with Crippen LogP contribution in [0.4, 0.5) is 0 Å². The molecule has 1 aliphatic carbocycles. The van der Waals surface area contributed by atoms with E-state index in [2.05, 4.69) is 4.99 Å². The molecule has 1 atom stereocenters. The normalized spacial score (nSPS) is 18.2. The first-order chi connectivity index (χ1) is 7.77. The highest BCUT2D eigenvalue weighted by Gasteiger charge is 2.21. The second-order valence-corrected chi connectivity index (χ2v) is 4.67. The SMILES string of the molecule is Cl.OC(/N=C/c1ccccc1Cl)C1CCCC1. The third kappa shape index (κ3) is 3.98. The van der Waals surface area contributed by atoms with E-state index in [0.717, 1.165) is 18.4 Å². The van der Waals surface area contributed by atoms with Crippen molar-refractivity contribution in [2.75, 3.05) is 0 Å². The standard InChI is InChI=1S/C13H16ClNO.ClH/c14-12-8-4-3-7-11(12)9-15-13(16)10-5-1-2-6-10;/h3-4,7-10,13,16H,1-2,5-6H2;1H/b15-9+;. The number of halogens is 2. The minimum atomic E-state index is -0.571. The third-order valence-electron chi connectivity index (χ3n) is 3.09. The molecule has 0 radical (unpaired) electrons. The number of rotatable bonds is 3. The van der Waals surface area contributed by atoms with Crippen molar-refractivity contribution in [2.45, 2.75) is 31.9 Å². The maximum atomic E-state index is 9.86. The highest BCUT2D eigenvalue weighted by atomic mass is 35.5. The molecule has 1 aromatic rings. The molecule has 94 valence electrons. The minimum Gasteiger partial charge on any atom is -0.372 e. The molecular weight excluding hydrogens is 257 g/mol. The largest absolute Gasteiger partial charge is 0.372 e. The molecule has 1 aromatic carbocycles. The van der Waals surface area contributed by atoms with E-state index in [-0.39, 0.29) is 12.4 Å². The van der Waals surface area contributed by atoms with Crippen molar-refractivity contribution in [1.29, 1.82) is 0 Å². The lowest BCUT2D eigenvalue weighted by atomic mass is 10.1. The Balaban J connectivity index is 0.00000144. The van der Waals surface area contributed by atoms with E-state index in [9.17, 15) is 5.11 Å². The fraction of sp³-hybridized carbons (Fsp3) is 0.462. The Morgan fingerprint density at radius 2 is 1.94 bits per heavy atom. The summed E-state index contributed by atoms with van der Waals surface area (Å²) in [4.78, 5) is 4.18. The monoisotopic (exact) mass is 273 g/mol. The summed E-state index contributed by atoms with van der Waals surface area (Å²) in [6.07, 6.45) is 5.69. The maximum absolute atomic E-state index is 9.86. The van der Waals surface area contributed by atoms with E-state index in [1.807, 2.05) is 24.3 Å². The molecule has 0 aromatic heterocycles. The molecule has 4 heteroatoms. The van der Waals surface area contributed by atoms with Gasteiger partial charge in [0.2, 0.25) is 0 Å². The van der Waals surface area contributed by atoms with Gasteiger partial charge in [0.1, 0.15) is 6.23 Å². The fourth-order valence-corrected chi connectivity index (χ4v) is 2.30. The molecule has 1 N–H and O–H groups in total. The molecular formula is C13H17Cl2NO. The van der Waals surface area contributed by atoms with E-state index >= 15 is 0 Å². The summed E-state index contributed by atoms with van der Waals surface area (Å²) in [5.41, 5.74) is 0.862. The number of hydrogen-bond donors (Lipinski definition) is 1. The van der Waals surface area contributed by atoms with Gasteiger partial charge in [-0.15, -0.1) is 12.4 Å². The van der Waals surface area contributed by atoms with Gasteiger partial charge in [-0.1, -0.05) is 42.6 Å². The van der Waals surface area contributed by atoms with Crippen LogP contribution in [0.1, 0.15) is 31.2 Å². The van der Waals surface area contributed by atoms with Crippen LogP contribution in [0.25, 0.3) is 0 Å². The van der Waals surface area contributed by atoms with Crippen LogP contribution in [0.5, 0.6) is 0 Å². The average molecular weight is 274 g/mol. The van der Waals surface area contributed by atoms with Crippen molar-refractivity contribution < 1.29 is 5.11 Å². The zero-order chi connectivity index (χ0) is 11.4. The van der Waals surface area contributed by atoms with E-state index in [1.54, 1.807) is 6.21 Å². The molecule has 1 saturated carbocycles. The van der Waals surface area contributed by atoms with Crippen molar-refractivity contribution in [3.05, 3.63) is 34.9 Å². The number of aliphatic imine (C=N–C) groups is 1. The quantitative estimate of drug-likeness (QED) is 0.838. The van der Waals surface area contributed by atoms with Gasteiger partial charge in [-0.3, -0.25) is 4.99 Å². The molecule has 1 aliphatic rings. The second-order valence-electron chi connectivity index (χ2n) is 4.26. The van der Waals surface area contributed by atoms with Crippen LogP contribution in [-0.4, -0.2) is 17.5 Å². The minimum absolute atomic E-state index is 0. The Hall–Kier alpha value is -0.570. The van der Waals surface area contributed by atoms with Crippen LogP contribution in [0.15, 0.2) is 29.3 Å². The second kappa shape index (κ2) is 7.00. The summed E-state index contributed by atoms with van der Waals surface area (Å²) in [5, 5.41) is 10.5. The van der Waals surface area contributed by atoms with Crippen LogP contribution >= 0.6 is 24.0 Å². The summed E-state index contributed by atoms with van der Waals surface area (Å²) < 4.78 is 0. The predicted octanol–water partition coefficient (Wildman–Crippen LogP) is 3.69.